The van der Waals surface area contributed by atoms with Crippen LogP contribution in [0.5, 0.6) is 5.75 Å². The van der Waals surface area contributed by atoms with Crippen molar-refractivity contribution in [2.75, 3.05) is 5.32 Å². The number of benzene rings is 2. The molecule has 0 heterocycles. The van der Waals surface area contributed by atoms with Crippen LogP contribution >= 0.6 is 0 Å². The number of phenols is 1. The summed E-state index contributed by atoms with van der Waals surface area (Å²) >= 11 is 0. The minimum atomic E-state index is -1.11. The molecule has 0 fully saturated rings. The summed E-state index contributed by atoms with van der Waals surface area (Å²) in [7, 11) is 0. The van der Waals surface area contributed by atoms with Gasteiger partial charge in [-0.05, 0) is 19.1 Å². The van der Waals surface area contributed by atoms with Gasteiger partial charge in [0.1, 0.15) is 22.9 Å². The van der Waals surface area contributed by atoms with Gasteiger partial charge in [-0.1, -0.05) is 17.7 Å². The molecule has 0 aliphatic rings. The van der Waals surface area contributed by atoms with E-state index in [0.29, 0.717) is 17.8 Å². The first kappa shape index (κ1) is 13.0. The van der Waals surface area contributed by atoms with E-state index in [0.717, 1.165) is 5.56 Å². The summed E-state index contributed by atoms with van der Waals surface area (Å²) in [5.74, 6) is -3.62. The summed E-state index contributed by atoms with van der Waals surface area (Å²) in [5, 5.41) is 11.8. The van der Waals surface area contributed by atoms with Crippen molar-refractivity contribution >= 4 is 11.6 Å². The number of carbonyl (C=O) groups excluding carboxylic acids is 1. The Kier molecular flexibility index (Phi) is 3.46. The predicted molar refractivity (Wildman–Crippen MR) is 67.2 cm³/mol. The van der Waals surface area contributed by atoms with E-state index < -0.39 is 28.9 Å². The molecule has 0 bridgehead atoms. The second-order valence-corrected chi connectivity index (χ2v) is 4.10. The van der Waals surface area contributed by atoms with Crippen LogP contribution in [0.4, 0.5) is 14.5 Å². The first-order valence-corrected chi connectivity index (χ1v) is 5.53. The van der Waals surface area contributed by atoms with E-state index in [1.54, 1.807) is 24.3 Å². The van der Waals surface area contributed by atoms with Crippen LogP contribution in [0.3, 0.4) is 0 Å². The summed E-state index contributed by atoms with van der Waals surface area (Å²) in [5.41, 5.74) is 0.884. The van der Waals surface area contributed by atoms with Crippen LogP contribution in [0, 0.1) is 18.6 Å². The van der Waals surface area contributed by atoms with Gasteiger partial charge >= 0.3 is 0 Å². The molecule has 0 saturated carbocycles. The Balaban J connectivity index is 2.28. The minimum absolute atomic E-state index is 0.457. The number of halogens is 2. The van der Waals surface area contributed by atoms with Crippen molar-refractivity contribution in [3.8, 4) is 5.75 Å². The molecule has 19 heavy (non-hydrogen) atoms. The van der Waals surface area contributed by atoms with Crippen LogP contribution in [-0.4, -0.2) is 11.0 Å². The van der Waals surface area contributed by atoms with Gasteiger partial charge in [-0.2, -0.15) is 0 Å². The predicted octanol–water partition coefficient (Wildman–Crippen LogP) is 3.23. The van der Waals surface area contributed by atoms with Gasteiger partial charge in [0.25, 0.3) is 5.91 Å². The van der Waals surface area contributed by atoms with Crippen molar-refractivity contribution in [1.29, 1.82) is 0 Å². The number of hydrogen-bond donors (Lipinski definition) is 2. The zero-order valence-electron chi connectivity index (χ0n) is 10.1. The van der Waals surface area contributed by atoms with Gasteiger partial charge < -0.3 is 10.4 Å². The molecule has 0 saturated heterocycles. The lowest BCUT2D eigenvalue weighted by atomic mass is 10.1. The van der Waals surface area contributed by atoms with Crippen molar-refractivity contribution in [2.45, 2.75) is 6.92 Å². The summed E-state index contributed by atoms with van der Waals surface area (Å²) in [6.45, 7) is 1.89. The standard InChI is InChI=1S/C14H11F2NO2/c1-8-2-4-10(5-3-8)17-14(19)13-11(16)6-9(15)7-12(13)18/h2-7,18H,1H3,(H,17,19). The Labute approximate surface area is 108 Å². The number of anilines is 1. The molecule has 2 aromatic rings. The molecule has 0 unspecified atom stereocenters. The maximum Gasteiger partial charge on any atom is 0.262 e. The van der Waals surface area contributed by atoms with E-state index in [2.05, 4.69) is 5.32 Å². The van der Waals surface area contributed by atoms with Crippen molar-refractivity contribution in [3.05, 3.63) is 59.2 Å². The Morgan fingerprint density at radius 3 is 2.37 bits per heavy atom. The fourth-order valence-corrected chi connectivity index (χ4v) is 1.62. The Morgan fingerprint density at radius 2 is 1.79 bits per heavy atom. The molecule has 2 N–H and O–H groups in total. The lowest BCUT2D eigenvalue weighted by Crippen LogP contribution is -2.14. The second-order valence-electron chi connectivity index (χ2n) is 4.10. The monoisotopic (exact) mass is 263 g/mol. The van der Waals surface area contributed by atoms with E-state index in [9.17, 15) is 18.7 Å². The van der Waals surface area contributed by atoms with Crippen molar-refractivity contribution in [3.63, 3.8) is 0 Å². The Bertz CT molecular complexity index is 601. The van der Waals surface area contributed by atoms with Gasteiger partial charge in [-0.25, -0.2) is 8.78 Å². The van der Waals surface area contributed by atoms with Crippen LogP contribution in [-0.2, 0) is 0 Å². The van der Waals surface area contributed by atoms with Crippen molar-refractivity contribution in [1.82, 2.24) is 0 Å². The SMILES string of the molecule is Cc1ccc(NC(=O)c2c(O)cc(F)cc2F)cc1. The van der Waals surface area contributed by atoms with Gasteiger partial charge in [-0.3, -0.25) is 4.79 Å². The second kappa shape index (κ2) is 5.06. The molecule has 5 heteroatoms. The zero-order valence-corrected chi connectivity index (χ0v) is 10.1. The first-order valence-electron chi connectivity index (χ1n) is 5.53. The summed E-state index contributed by atoms with van der Waals surface area (Å²) in [6.07, 6.45) is 0. The smallest absolute Gasteiger partial charge is 0.262 e. The fraction of sp³-hybridized carbons (Fsp3) is 0.0714. The molecule has 0 radical (unpaired) electrons. The number of rotatable bonds is 2. The largest absolute Gasteiger partial charge is 0.507 e. The molecule has 0 aromatic heterocycles. The average molecular weight is 263 g/mol. The van der Waals surface area contributed by atoms with Crippen LogP contribution in [0.2, 0.25) is 0 Å². The number of carbonyl (C=O) groups is 1. The third-order valence-corrected chi connectivity index (χ3v) is 2.57. The number of amides is 1. The molecule has 0 atom stereocenters. The van der Waals surface area contributed by atoms with E-state index in [4.69, 9.17) is 0 Å². The minimum Gasteiger partial charge on any atom is -0.507 e. The maximum absolute atomic E-state index is 13.5. The van der Waals surface area contributed by atoms with Crippen LogP contribution in [0.25, 0.3) is 0 Å². The van der Waals surface area contributed by atoms with E-state index >= 15 is 0 Å². The number of hydrogen-bond acceptors (Lipinski definition) is 2. The topological polar surface area (TPSA) is 49.3 Å². The third kappa shape index (κ3) is 2.88. The molecule has 2 aromatic carbocycles. The van der Waals surface area contributed by atoms with Gasteiger partial charge in [0.15, 0.2) is 0 Å². The van der Waals surface area contributed by atoms with E-state index in [1.165, 1.54) is 0 Å². The molecule has 0 aliphatic carbocycles. The summed E-state index contributed by atoms with van der Waals surface area (Å²) < 4.78 is 26.3. The zero-order chi connectivity index (χ0) is 14.0. The van der Waals surface area contributed by atoms with Gasteiger partial charge in [-0.15, -0.1) is 0 Å². The molecule has 0 spiro atoms. The van der Waals surface area contributed by atoms with Crippen LogP contribution in [0.1, 0.15) is 15.9 Å². The highest BCUT2D eigenvalue weighted by atomic mass is 19.1. The van der Waals surface area contributed by atoms with Crippen molar-refractivity contribution in [2.24, 2.45) is 0 Å². The quantitative estimate of drug-likeness (QED) is 0.873. The summed E-state index contributed by atoms with van der Waals surface area (Å²) in [6, 6.07) is 8.07. The van der Waals surface area contributed by atoms with Gasteiger partial charge in [0.05, 0.1) is 0 Å². The molecular weight excluding hydrogens is 252 g/mol. The molecule has 1 amide bonds. The highest BCUT2D eigenvalue weighted by Gasteiger charge is 2.18. The van der Waals surface area contributed by atoms with Crippen LogP contribution in [0.15, 0.2) is 36.4 Å². The highest BCUT2D eigenvalue weighted by molar-refractivity contribution is 6.06. The average Bonchev–Trinajstić information content (AvgIpc) is 2.30. The molecule has 2 rings (SSSR count). The molecular formula is C14H11F2NO2. The number of phenolic OH excluding ortho intramolecular Hbond substituents is 1. The summed E-state index contributed by atoms with van der Waals surface area (Å²) in [4.78, 5) is 11.8. The van der Waals surface area contributed by atoms with E-state index in [-0.39, 0.29) is 0 Å². The van der Waals surface area contributed by atoms with Crippen molar-refractivity contribution < 1.29 is 18.7 Å². The highest BCUT2D eigenvalue weighted by Crippen LogP contribution is 2.23. The number of aromatic hydroxyl groups is 1. The molecule has 0 aliphatic heterocycles. The van der Waals surface area contributed by atoms with Gasteiger partial charge in [0, 0.05) is 17.8 Å². The molecule has 98 valence electrons. The molecule has 3 nitrogen and oxygen atoms in total. The fourth-order valence-electron chi connectivity index (χ4n) is 1.62. The van der Waals surface area contributed by atoms with Gasteiger partial charge in [0.2, 0.25) is 0 Å². The maximum atomic E-state index is 13.5. The number of nitrogens with one attached hydrogen (secondary N) is 1. The number of aryl methyl sites for hydroxylation is 1. The third-order valence-electron chi connectivity index (χ3n) is 2.57. The lowest BCUT2D eigenvalue weighted by Gasteiger charge is -2.08. The first-order chi connectivity index (χ1) is 8.97. The van der Waals surface area contributed by atoms with Crippen LogP contribution < -0.4 is 5.32 Å². The normalized spacial score (nSPS) is 10.3. The lowest BCUT2D eigenvalue weighted by molar-refractivity contribution is 0.102. The Morgan fingerprint density at radius 1 is 1.16 bits per heavy atom. The Hall–Kier alpha value is -2.43. The van der Waals surface area contributed by atoms with E-state index in [1.807, 2.05) is 6.92 Å².